The Hall–Kier alpha value is -1.18. The summed E-state index contributed by atoms with van der Waals surface area (Å²) in [5.74, 6) is 0. The van der Waals surface area contributed by atoms with E-state index in [1.54, 1.807) is 0 Å². The second kappa shape index (κ2) is 3.28. The maximum absolute atomic E-state index is 2.08. The Morgan fingerprint density at radius 1 is 1.27 bits per heavy atom. The van der Waals surface area contributed by atoms with Crippen LogP contribution in [-0.2, 0) is 0 Å². The van der Waals surface area contributed by atoms with Gasteiger partial charge in [0.25, 0.3) is 0 Å². The van der Waals surface area contributed by atoms with Crippen molar-refractivity contribution in [2.45, 2.75) is 0 Å². The first kappa shape index (κ1) is 7.92. The highest BCUT2D eigenvalue weighted by atomic mass is 15.1. The predicted molar refractivity (Wildman–Crippen MR) is 47.8 cm³/mol. The summed E-state index contributed by atoms with van der Waals surface area (Å²) < 4.78 is 0. The van der Waals surface area contributed by atoms with Crippen molar-refractivity contribution in [2.75, 3.05) is 21.1 Å². The maximum Gasteiger partial charge on any atom is 0.0376 e. The van der Waals surface area contributed by atoms with E-state index in [-0.39, 0.29) is 0 Å². The molecular formula is C9H14N2. The molecule has 0 saturated heterocycles. The van der Waals surface area contributed by atoms with Gasteiger partial charge in [0.05, 0.1) is 0 Å². The SMILES string of the molecule is CN1C=CC=C(N(C)C)C=C1. The number of rotatable bonds is 1. The van der Waals surface area contributed by atoms with Gasteiger partial charge in [-0.05, 0) is 18.2 Å². The van der Waals surface area contributed by atoms with Gasteiger partial charge in [0, 0.05) is 39.2 Å². The van der Waals surface area contributed by atoms with Crippen molar-refractivity contribution in [1.82, 2.24) is 9.80 Å². The fourth-order valence-electron chi connectivity index (χ4n) is 0.875. The average molecular weight is 150 g/mol. The minimum atomic E-state index is 1.21. The van der Waals surface area contributed by atoms with Crippen LogP contribution in [0.1, 0.15) is 0 Å². The number of nitrogens with zero attached hydrogens (tertiary/aromatic N) is 2. The fraction of sp³-hybridized carbons (Fsp3) is 0.333. The molecule has 1 aliphatic heterocycles. The quantitative estimate of drug-likeness (QED) is 0.557. The first-order chi connectivity index (χ1) is 5.20. The molecule has 2 heteroatoms. The zero-order valence-corrected chi connectivity index (χ0v) is 7.28. The summed E-state index contributed by atoms with van der Waals surface area (Å²) in [5, 5.41) is 0. The topological polar surface area (TPSA) is 6.48 Å². The van der Waals surface area contributed by atoms with Gasteiger partial charge >= 0.3 is 0 Å². The Morgan fingerprint density at radius 2 is 2.00 bits per heavy atom. The average Bonchev–Trinajstić information content (AvgIpc) is 2.13. The summed E-state index contributed by atoms with van der Waals surface area (Å²) in [6.07, 6.45) is 10.3. The van der Waals surface area contributed by atoms with Gasteiger partial charge in [0.15, 0.2) is 0 Å². The van der Waals surface area contributed by atoms with E-state index < -0.39 is 0 Å². The van der Waals surface area contributed by atoms with E-state index in [0.29, 0.717) is 0 Å². The van der Waals surface area contributed by atoms with Crippen LogP contribution < -0.4 is 0 Å². The molecule has 60 valence electrons. The highest BCUT2D eigenvalue weighted by Crippen LogP contribution is 2.05. The first-order valence-corrected chi connectivity index (χ1v) is 3.66. The molecule has 0 atom stereocenters. The van der Waals surface area contributed by atoms with Crippen molar-refractivity contribution in [3.63, 3.8) is 0 Å². The number of hydrogen-bond acceptors (Lipinski definition) is 2. The van der Waals surface area contributed by atoms with Gasteiger partial charge < -0.3 is 9.80 Å². The van der Waals surface area contributed by atoms with Gasteiger partial charge in [-0.25, -0.2) is 0 Å². The van der Waals surface area contributed by atoms with Crippen LogP contribution in [0.5, 0.6) is 0 Å². The van der Waals surface area contributed by atoms with Crippen LogP contribution >= 0.6 is 0 Å². The lowest BCUT2D eigenvalue weighted by Crippen LogP contribution is -2.08. The predicted octanol–water partition coefficient (Wildman–Crippen LogP) is 1.40. The Bertz CT molecular complexity index is 212. The van der Waals surface area contributed by atoms with Crippen LogP contribution in [0.3, 0.4) is 0 Å². The third kappa shape index (κ3) is 2.15. The van der Waals surface area contributed by atoms with Crippen LogP contribution in [-0.4, -0.2) is 30.9 Å². The zero-order valence-electron chi connectivity index (χ0n) is 7.28. The Balaban J connectivity index is 2.76. The third-order valence-corrected chi connectivity index (χ3v) is 1.59. The number of allylic oxidation sites excluding steroid dienone is 3. The molecule has 0 bridgehead atoms. The molecule has 0 aromatic carbocycles. The summed E-state index contributed by atoms with van der Waals surface area (Å²) in [6.45, 7) is 0. The summed E-state index contributed by atoms with van der Waals surface area (Å²) in [6, 6.07) is 0. The summed E-state index contributed by atoms with van der Waals surface area (Å²) in [4.78, 5) is 4.10. The molecule has 1 aliphatic rings. The molecule has 2 nitrogen and oxygen atoms in total. The van der Waals surface area contributed by atoms with E-state index in [2.05, 4.69) is 17.1 Å². The minimum absolute atomic E-state index is 1.21. The largest absolute Gasteiger partial charge is 0.378 e. The molecule has 11 heavy (non-hydrogen) atoms. The van der Waals surface area contributed by atoms with Crippen LogP contribution in [0.2, 0.25) is 0 Å². The Morgan fingerprint density at radius 3 is 2.64 bits per heavy atom. The first-order valence-electron chi connectivity index (χ1n) is 3.66. The van der Waals surface area contributed by atoms with Gasteiger partial charge in [-0.3, -0.25) is 0 Å². The Labute approximate surface area is 68.1 Å². The van der Waals surface area contributed by atoms with Crippen molar-refractivity contribution in [1.29, 1.82) is 0 Å². The van der Waals surface area contributed by atoms with Crippen LogP contribution in [0.4, 0.5) is 0 Å². The van der Waals surface area contributed by atoms with Gasteiger partial charge in [0.2, 0.25) is 0 Å². The normalized spacial score (nSPS) is 16.3. The third-order valence-electron chi connectivity index (χ3n) is 1.59. The molecule has 1 rings (SSSR count). The summed E-state index contributed by atoms with van der Waals surface area (Å²) in [7, 11) is 6.09. The lowest BCUT2D eigenvalue weighted by Gasteiger charge is -2.12. The van der Waals surface area contributed by atoms with Crippen molar-refractivity contribution in [2.24, 2.45) is 0 Å². The molecule has 1 heterocycles. The Kier molecular flexibility index (Phi) is 2.36. The molecule has 0 radical (unpaired) electrons. The zero-order chi connectivity index (χ0) is 8.27. The smallest absolute Gasteiger partial charge is 0.0376 e. The summed E-state index contributed by atoms with van der Waals surface area (Å²) in [5.41, 5.74) is 1.21. The molecule has 0 fully saturated rings. The van der Waals surface area contributed by atoms with Crippen LogP contribution in [0.25, 0.3) is 0 Å². The molecule has 0 unspecified atom stereocenters. The van der Waals surface area contributed by atoms with Gasteiger partial charge in [-0.15, -0.1) is 0 Å². The lowest BCUT2D eigenvalue weighted by molar-refractivity contribution is 0.528. The van der Waals surface area contributed by atoms with Crippen molar-refractivity contribution >= 4 is 0 Å². The number of likely N-dealkylation sites (N-methyl/N-ethyl adjacent to an activating group) is 1. The number of hydrogen-bond donors (Lipinski definition) is 0. The van der Waals surface area contributed by atoms with E-state index in [1.807, 2.05) is 44.5 Å². The molecule has 0 aromatic heterocycles. The molecule has 0 aliphatic carbocycles. The van der Waals surface area contributed by atoms with Crippen molar-refractivity contribution in [3.8, 4) is 0 Å². The second-order valence-corrected chi connectivity index (χ2v) is 2.81. The maximum atomic E-state index is 2.08. The van der Waals surface area contributed by atoms with E-state index in [4.69, 9.17) is 0 Å². The fourth-order valence-corrected chi connectivity index (χ4v) is 0.875. The molecule has 0 aromatic rings. The van der Waals surface area contributed by atoms with Crippen LogP contribution in [0.15, 0.2) is 36.3 Å². The molecule has 0 N–H and O–H groups in total. The van der Waals surface area contributed by atoms with Gasteiger partial charge in [-0.2, -0.15) is 0 Å². The second-order valence-electron chi connectivity index (χ2n) is 2.81. The highest BCUT2D eigenvalue weighted by molar-refractivity contribution is 5.24. The standard InChI is InChI=1S/C9H14N2/c1-10(2)9-5-4-7-11(3)8-6-9/h4-8H,1-3H3. The van der Waals surface area contributed by atoms with Crippen LogP contribution in [0, 0.1) is 0 Å². The van der Waals surface area contributed by atoms with Gasteiger partial charge in [0.1, 0.15) is 0 Å². The minimum Gasteiger partial charge on any atom is -0.378 e. The van der Waals surface area contributed by atoms with E-state index in [9.17, 15) is 0 Å². The van der Waals surface area contributed by atoms with E-state index in [1.165, 1.54) is 5.70 Å². The monoisotopic (exact) mass is 150 g/mol. The lowest BCUT2D eigenvalue weighted by atomic mass is 10.3. The molecule has 0 amide bonds. The molecule has 0 spiro atoms. The van der Waals surface area contributed by atoms with E-state index >= 15 is 0 Å². The van der Waals surface area contributed by atoms with Crippen molar-refractivity contribution in [3.05, 3.63) is 36.3 Å². The summed E-state index contributed by atoms with van der Waals surface area (Å²) >= 11 is 0. The molecular weight excluding hydrogens is 136 g/mol. The van der Waals surface area contributed by atoms with Gasteiger partial charge in [-0.1, -0.05) is 0 Å². The van der Waals surface area contributed by atoms with Crippen molar-refractivity contribution < 1.29 is 0 Å². The molecule has 0 saturated carbocycles. The van der Waals surface area contributed by atoms with E-state index in [0.717, 1.165) is 0 Å². The highest BCUT2D eigenvalue weighted by Gasteiger charge is 1.95.